The van der Waals surface area contributed by atoms with Crippen molar-refractivity contribution in [2.45, 2.75) is 6.10 Å². The second kappa shape index (κ2) is 7.70. The fourth-order valence-electron chi connectivity index (χ4n) is 3.25. The van der Waals surface area contributed by atoms with E-state index in [9.17, 15) is 10.2 Å². The molecule has 0 aliphatic rings. The van der Waals surface area contributed by atoms with Gasteiger partial charge in [-0.05, 0) is 17.7 Å². The first-order valence-corrected chi connectivity index (χ1v) is 9.02. The van der Waals surface area contributed by atoms with E-state index in [-0.39, 0.29) is 5.75 Å². The lowest BCUT2D eigenvalue weighted by Crippen LogP contribution is -2.26. The van der Waals surface area contributed by atoms with E-state index in [1.54, 1.807) is 6.07 Å². The number of phenolic OH excluding ortho intramolecular Hbond substituents is 1. The SMILES string of the molecule is Oc1cc2c(cc1OCCNCC(O)c1ccccc1)[nH]c1ccccc12. The third-order valence-corrected chi connectivity index (χ3v) is 4.64. The molecule has 4 N–H and O–H groups in total. The molecule has 138 valence electrons. The van der Waals surface area contributed by atoms with E-state index in [1.807, 2.05) is 60.7 Å². The molecule has 0 amide bonds. The first-order chi connectivity index (χ1) is 13.2. The smallest absolute Gasteiger partial charge is 0.163 e. The minimum absolute atomic E-state index is 0.122. The van der Waals surface area contributed by atoms with Gasteiger partial charge in [0.25, 0.3) is 0 Å². The number of hydrogen-bond acceptors (Lipinski definition) is 4. The molecule has 1 atom stereocenters. The number of benzene rings is 3. The van der Waals surface area contributed by atoms with Crippen LogP contribution in [0.25, 0.3) is 21.8 Å². The standard InChI is InChI=1S/C22H22N2O3/c25-20-12-17-16-8-4-5-9-18(16)24-19(17)13-22(20)27-11-10-23-14-21(26)15-6-2-1-3-7-15/h1-9,12-13,21,23-26H,10-11,14H2. The monoisotopic (exact) mass is 362 g/mol. The van der Waals surface area contributed by atoms with Crippen LogP contribution in [-0.2, 0) is 0 Å². The highest BCUT2D eigenvalue weighted by atomic mass is 16.5. The number of H-pyrrole nitrogens is 1. The van der Waals surface area contributed by atoms with Crippen molar-refractivity contribution >= 4 is 21.8 Å². The zero-order chi connectivity index (χ0) is 18.6. The van der Waals surface area contributed by atoms with Crippen molar-refractivity contribution in [2.24, 2.45) is 0 Å². The van der Waals surface area contributed by atoms with E-state index in [0.717, 1.165) is 27.4 Å². The van der Waals surface area contributed by atoms with Gasteiger partial charge in [0.1, 0.15) is 6.61 Å². The van der Waals surface area contributed by atoms with E-state index >= 15 is 0 Å². The Hall–Kier alpha value is -3.02. The number of fused-ring (bicyclic) bond motifs is 3. The van der Waals surface area contributed by atoms with Gasteiger partial charge in [0.05, 0.1) is 11.6 Å². The van der Waals surface area contributed by atoms with Gasteiger partial charge in [-0.3, -0.25) is 0 Å². The van der Waals surface area contributed by atoms with Crippen molar-refractivity contribution in [3.05, 3.63) is 72.3 Å². The average molecular weight is 362 g/mol. The Morgan fingerprint density at radius 1 is 0.926 bits per heavy atom. The van der Waals surface area contributed by atoms with E-state index < -0.39 is 6.10 Å². The summed E-state index contributed by atoms with van der Waals surface area (Å²) in [6.45, 7) is 1.40. The molecule has 5 heteroatoms. The molecular formula is C22H22N2O3. The first-order valence-electron chi connectivity index (χ1n) is 9.02. The lowest BCUT2D eigenvalue weighted by Gasteiger charge is -2.13. The number of aromatic hydroxyl groups is 1. The van der Waals surface area contributed by atoms with Crippen LogP contribution < -0.4 is 10.1 Å². The molecular weight excluding hydrogens is 340 g/mol. The van der Waals surface area contributed by atoms with Crippen LogP contribution >= 0.6 is 0 Å². The average Bonchev–Trinajstić information content (AvgIpc) is 3.05. The molecule has 1 heterocycles. The molecule has 5 nitrogen and oxygen atoms in total. The molecule has 0 aliphatic carbocycles. The number of aromatic amines is 1. The van der Waals surface area contributed by atoms with Crippen molar-refractivity contribution in [3.8, 4) is 11.5 Å². The maximum absolute atomic E-state index is 10.3. The van der Waals surface area contributed by atoms with Gasteiger partial charge in [-0.25, -0.2) is 0 Å². The van der Waals surface area contributed by atoms with Crippen molar-refractivity contribution < 1.29 is 14.9 Å². The van der Waals surface area contributed by atoms with Crippen LogP contribution in [-0.4, -0.2) is 34.9 Å². The van der Waals surface area contributed by atoms with Crippen LogP contribution in [0.3, 0.4) is 0 Å². The van der Waals surface area contributed by atoms with Gasteiger partial charge in [-0.2, -0.15) is 0 Å². The summed E-state index contributed by atoms with van der Waals surface area (Å²) in [6, 6.07) is 21.1. The van der Waals surface area contributed by atoms with Crippen molar-refractivity contribution in [2.75, 3.05) is 19.7 Å². The fraction of sp³-hybridized carbons (Fsp3) is 0.182. The summed E-state index contributed by atoms with van der Waals surface area (Å²) in [7, 11) is 0. The minimum Gasteiger partial charge on any atom is -0.504 e. The molecule has 0 aliphatic heterocycles. The molecule has 0 radical (unpaired) electrons. The molecule has 27 heavy (non-hydrogen) atoms. The first kappa shape index (κ1) is 17.4. The number of phenols is 1. The Bertz CT molecular complexity index is 1040. The number of hydrogen-bond donors (Lipinski definition) is 4. The van der Waals surface area contributed by atoms with Gasteiger partial charge >= 0.3 is 0 Å². The van der Waals surface area contributed by atoms with Gasteiger partial charge in [0, 0.05) is 35.4 Å². The third-order valence-electron chi connectivity index (χ3n) is 4.64. The van der Waals surface area contributed by atoms with Crippen molar-refractivity contribution in [1.29, 1.82) is 0 Å². The normalized spacial score (nSPS) is 12.5. The van der Waals surface area contributed by atoms with Gasteiger partial charge in [-0.15, -0.1) is 0 Å². The van der Waals surface area contributed by atoms with Gasteiger partial charge in [0.2, 0.25) is 0 Å². The number of aliphatic hydroxyl groups excluding tert-OH is 1. The highest BCUT2D eigenvalue weighted by Crippen LogP contribution is 2.35. The topological polar surface area (TPSA) is 77.5 Å². The minimum atomic E-state index is -0.553. The number of nitrogens with one attached hydrogen (secondary N) is 2. The molecule has 3 aromatic carbocycles. The molecule has 0 spiro atoms. The molecule has 0 fully saturated rings. The van der Waals surface area contributed by atoms with E-state index in [4.69, 9.17) is 4.74 Å². The van der Waals surface area contributed by atoms with E-state index in [2.05, 4.69) is 10.3 Å². The molecule has 1 unspecified atom stereocenters. The maximum Gasteiger partial charge on any atom is 0.163 e. The zero-order valence-corrected chi connectivity index (χ0v) is 14.9. The van der Waals surface area contributed by atoms with Crippen LogP contribution in [0, 0.1) is 0 Å². The summed E-state index contributed by atoms with van der Waals surface area (Å²) in [6.07, 6.45) is -0.553. The highest BCUT2D eigenvalue weighted by Gasteiger charge is 2.10. The quantitative estimate of drug-likeness (QED) is 0.378. The van der Waals surface area contributed by atoms with E-state index in [0.29, 0.717) is 25.4 Å². The summed E-state index contributed by atoms with van der Waals surface area (Å²) in [5.74, 6) is 0.566. The zero-order valence-electron chi connectivity index (χ0n) is 14.9. The van der Waals surface area contributed by atoms with Crippen LogP contribution in [0.15, 0.2) is 66.7 Å². The molecule has 0 saturated carbocycles. The van der Waals surface area contributed by atoms with Crippen molar-refractivity contribution in [1.82, 2.24) is 10.3 Å². The van der Waals surface area contributed by atoms with Gasteiger partial charge < -0.3 is 25.3 Å². The number of rotatable bonds is 7. The Labute approximate surface area is 157 Å². The molecule has 1 aromatic heterocycles. The van der Waals surface area contributed by atoms with Crippen LogP contribution in [0.5, 0.6) is 11.5 Å². The van der Waals surface area contributed by atoms with Crippen LogP contribution in [0.1, 0.15) is 11.7 Å². The molecule has 0 saturated heterocycles. The lowest BCUT2D eigenvalue weighted by molar-refractivity contribution is 0.171. The molecule has 4 aromatic rings. The predicted molar refractivity (Wildman–Crippen MR) is 107 cm³/mol. The largest absolute Gasteiger partial charge is 0.504 e. The van der Waals surface area contributed by atoms with Gasteiger partial charge in [0.15, 0.2) is 11.5 Å². The number of aromatic nitrogens is 1. The molecule has 0 bridgehead atoms. The third kappa shape index (κ3) is 3.74. The fourth-order valence-corrected chi connectivity index (χ4v) is 3.25. The van der Waals surface area contributed by atoms with Gasteiger partial charge in [-0.1, -0.05) is 48.5 Å². The maximum atomic E-state index is 10.3. The highest BCUT2D eigenvalue weighted by molar-refractivity contribution is 6.08. The Morgan fingerprint density at radius 3 is 2.56 bits per heavy atom. The van der Waals surface area contributed by atoms with Crippen LogP contribution in [0.2, 0.25) is 0 Å². The lowest BCUT2D eigenvalue weighted by atomic mass is 10.1. The summed E-state index contributed by atoms with van der Waals surface area (Å²) in [5.41, 5.74) is 2.84. The van der Waals surface area contributed by atoms with Crippen molar-refractivity contribution in [3.63, 3.8) is 0 Å². The predicted octanol–water partition coefficient (Wildman–Crippen LogP) is 3.73. The Kier molecular flexibility index (Phi) is 4.96. The number of ether oxygens (including phenoxy) is 1. The Balaban J connectivity index is 1.35. The molecule has 4 rings (SSSR count). The number of aliphatic hydroxyl groups is 1. The summed E-state index contributed by atoms with van der Waals surface area (Å²) >= 11 is 0. The second-order valence-electron chi connectivity index (χ2n) is 6.52. The van der Waals surface area contributed by atoms with E-state index in [1.165, 1.54) is 0 Å². The summed E-state index contributed by atoms with van der Waals surface area (Å²) in [5, 5.41) is 25.6. The summed E-state index contributed by atoms with van der Waals surface area (Å²) in [4.78, 5) is 3.34. The van der Waals surface area contributed by atoms with Crippen LogP contribution in [0.4, 0.5) is 0 Å². The number of para-hydroxylation sites is 1. The second-order valence-corrected chi connectivity index (χ2v) is 6.52. The summed E-state index contributed by atoms with van der Waals surface area (Å²) < 4.78 is 5.71. The Morgan fingerprint density at radius 2 is 1.70 bits per heavy atom.